The van der Waals surface area contributed by atoms with Crippen LogP contribution in [-0.4, -0.2) is 19.0 Å². The van der Waals surface area contributed by atoms with Crippen molar-refractivity contribution in [2.45, 2.75) is 6.42 Å². The minimum atomic E-state index is 0.0138. The first-order valence-corrected chi connectivity index (χ1v) is 6.50. The molecule has 1 aliphatic rings. The SMILES string of the molecule is Nc1cc(C(=O)Cc2ccccc2)cc2c1OCCO2. The van der Waals surface area contributed by atoms with Crippen LogP contribution in [0, 0.1) is 0 Å². The van der Waals surface area contributed by atoms with Gasteiger partial charge in [-0.1, -0.05) is 30.3 Å². The van der Waals surface area contributed by atoms with Crippen molar-refractivity contribution < 1.29 is 14.3 Å². The Morgan fingerprint density at radius 3 is 2.65 bits per heavy atom. The normalized spacial score (nSPS) is 13.0. The summed E-state index contributed by atoms with van der Waals surface area (Å²) in [4.78, 5) is 12.3. The lowest BCUT2D eigenvalue weighted by Gasteiger charge is -2.20. The van der Waals surface area contributed by atoms with E-state index in [1.807, 2.05) is 30.3 Å². The summed E-state index contributed by atoms with van der Waals surface area (Å²) >= 11 is 0. The zero-order valence-electron chi connectivity index (χ0n) is 11.0. The van der Waals surface area contributed by atoms with Crippen LogP contribution in [0.3, 0.4) is 0 Å². The van der Waals surface area contributed by atoms with Crippen LogP contribution in [0.2, 0.25) is 0 Å². The molecule has 0 aromatic heterocycles. The van der Waals surface area contributed by atoms with Crippen molar-refractivity contribution in [3.63, 3.8) is 0 Å². The maximum Gasteiger partial charge on any atom is 0.184 e. The summed E-state index contributed by atoms with van der Waals surface area (Å²) in [7, 11) is 0. The van der Waals surface area contributed by atoms with Crippen molar-refractivity contribution in [3.05, 3.63) is 53.6 Å². The number of ketones is 1. The van der Waals surface area contributed by atoms with Gasteiger partial charge in [0.15, 0.2) is 17.3 Å². The van der Waals surface area contributed by atoms with Gasteiger partial charge >= 0.3 is 0 Å². The molecular weight excluding hydrogens is 254 g/mol. The van der Waals surface area contributed by atoms with E-state index in [1.54, 1.807) is 12.1 Å². The quantitative estimate of drug-likeness (QED) is 0.687. The van der Waals surface area contributed by atoms with Gasteiger partial charge in [-0.3, -0.25) is 4.79 Å². The van der Waals surface area contributed by atoms with Gasteiger partial charge in [0, 0.05) is 12.0 Å². The number of carbonyl (C=O) groups is 1. The Labute approximate surface area is 117 Å². The zero-order chi connectivity index (χ0) is 13.9. The summed E-state index contributed by atoms with van der Waals surface area (Å²) in [5, 5.41) is 0. The van der Waals surface area contributed by atoms with Crippen LogP contribution >= 0.6 is 0 Å². The van der Waals surface area contributed by atoms with E-state index in [0.717, 1.165) is 5.56 Å². The van der Waals surface area contributed by atoms with Crippen molar-refractivity contribution in [2.75, 3.05) is 18.9 Å². The molecule has 0 atom stereocenters. The second-order valence-corrected chi connectivity index (χ2v) is 4.68. The van der Waals surface area contributed by atoms with E-state index in [2.05, 4.69) is 0 Å². The number of hydrogen-bond donors (Lipinski definition) is 1. The highest BCUT2D eigenvalue weighted by Crippen LogP contribution is 2.37. The molecule has 0 bridgehead atoms. The number of fused-ring (bicyclic) bond motifs is 1. The predicted octanol–water partition coefficient (Wildman–Crippen LogP) is 2.47. The second-order valence-electron chi connectivity index (χ2n) is 4.68. The molecule has 102 valence electrons. The molecule has 0 saturated heterocycles. The molecule has 0 aliphatic carbocycles. The van der Waals surface area contributed by atoms with Crippen LogP contribution in [0.1, 0.15) is 15.9 Å². The third-order valence-electron chi connectivity index (χ3n) is 3.20. The molecule has 0 saturated carbocycles. The van der Waals surface area contributed by atoms with Crippen molar-refractivity contribution in [1.82, 2.24) is 0 Å². The molecule has 20 heavy (non-hydrogen) atoms. The Hall–Kier alpha value is -2.49. The fraction of sp³-hybridized carbons (Fsp3) is 0.188. The number of rotatable bonds is 3. The molecule has 3 rings (SSSR count). The molecular formula is C16H15NO3. The number of carbonyl (C=O) groups excluding carboxylic acids is 1. The number of benzene rings is 2. The molecule has 4 nitrogen and oxygen atoms in total. The third kappa shape index (κ3) is 2.45. The van der Waals surface area contributed by atoms with Crippen LogP contribution in [0.5, 0.6) is 11.5 Å². The van der Waals surface area contributed by atoms with Crippen LogP contribution in [0.4, 0.5) is 5.69 Å². The molecule has 2 aromatic carbocycles. The lowest BCUT2D eigenvalue weighted by molar-refractivity contribution is 0.0992. The van der Waals surface area contributed by atoms with E-state index in [-0.39, 0.29) is 5.78 Å². The molecule has 0 unspecified atom stereocenters. The van der Waals surface area contributed by atoms with Gasteiger partial charge in [0.25, 0.3) is 0 Å². The first-order chi connectivity index (χ1) is 9.74. The van der Waals surface area contributed by atoms with Crippen LogP contribution in [0.15, 0.2) is 42.5 Å². The van der Waals surface area contributed by atoms with Crippen molar-refractivity contribution in [3.8, 4) is 11.5 Å². The summed E-state index contributed by atoms with van der Waals surface area (Å²) in [6.07, 6.45) is 0.347. The van der Waals surface area contributed by atoms with E-state index < -0.39 is 0 Å². The Kier molecular flexibility index (Phi) is 3.29. The maximum absolute atomic E-state index is 12.3. The van der Waals surface area contributed by atoms with Gasteiger partial charge in [0.1, 0.15) is 13.2 Å². The highest BCUT2D eigenvalue weighted by Gasteiger charge is 2.18. The smallest absolute Gasteiger partial charge is 0.184 e. The van der Waals surface area contributed by atoms with E-state index in [1.165, 1.54) is 0 Å². The first kappa shape index (κ1) is 12.5. The average Bonchev–Trinajstić information content (AvgIpc) is 2.48. The van der Waals surface area contributed by atoms with Crippen molar-refractivity contribution in [1.29, 1.82) is 0 Å². The topological polar surface area (TPSA) is 61.6 Å². The summed E-state index contributed by atoms with van der Waals surface area (Å²) in [6, 6.07) is 13.0. The molecule has 1 heterocycles. The summed E-state index contributed by atoms with van der Waals surface area (Å²) in [6.45, 7) is 0.956. The molecule has 4 heteroatoms. The monoisotopic (exact) mass is 269 g/mol. The molecule has 2 aromatic rings. The second kappa shape index (κ2) is 5.25. The number of nitrogen functional groups attached to an aromatic ring is 1. The van der Waals surface area contributed by atoms with Gasteiger partial charge in [-0.2, -0.15) is 0 Å². The van der Waals surface area contributed by atoms with E-state index in [4.69, 9.17) is 15.2 Å². The standard InChI is InChI=1S/C16H15NO3/c17-13-9-12(10-15-16(13)20-7-6-19-15)14(18)8-11-4-2-1-3-5-11/h1-5,9-10H,6-8,17H2. The Morgan fingerprint density at radius 2 is 1.85 bits per heavy atom. The lowest BCUT2D eigenvalue weighted by atomic mass is 10.0. The Morgan fingerprint density at radius 1 is 1.10 bits per heavy atom. The summed E-state index contributed by atoms with van der Waals surface area (Å²) in [5.41, 5.74) is 7.89. The van der Waals surface area contributed by atoms with Gasteiger partial charge in [-0.05, 0) is 17.7 Å². The molecule has 0 amide bonds. The van der Waals surface area contributed by atoms with Crippen LogP contribution in [0.25, 0.3) is 0 Å². The molecule has 1 aliphatic heterocycles. The van der Waals surface area contributed by atoms with Crippen LogP contribution in [-0.2, 0) is 6.42 Å². The molecule has 0 fully saturated rings. The van der Waals surface area contributed by atoms with Crippen molar-refractivity contribution in [2.24, 2.45) is 0 Å². The van der Waals surface area contributed by atoms with Gasteiger partial charge in [-0.15, -0.1) is 0 Å². The highest BCUT2D eigenvalue weighted by atomic mass is 16.6. The Balaban J connectivity index is 1.87. The number of ether oxygens (including phenoxy) is 2. The maximum atomic E-state index is 12.3. The summed E-state index contributed by atoms with van der Waals surface area (Å²) in [5.74, 6) is 1.10. The van der Waals surface area contributed by atoms with E-state index >= 15 is 0 Å². The molecule has 2 N–H and O–H groups in total. The number of hydrogen-bond acceptors (Lipinski definition) is 4. The largest absolute Gasteiger partial charge is 0.486 e. The van der Waals surface area contributed by atoms with Gasteiger partial charge in [-0.25, -0.2) is 0 Å². The fourth-order valence-corrected chi connectivity index (χ4v) is 2.23. The van der Waals surface area contributed by atoms with E-state index in [0.29, 0.717) is 42.4 Å². The number of nitrogens with two attached hydrogens (primary N) is 1. The zero-order valence-corrected chi connectivity index (χ0v) is 11.0. The van der Waals surface area contributed by atoms with Gasteiger partial charge < -0.3 is 15.2 Å². The van der Waals surface area contributed by atoms with Gasteiger partial charge in [0.05, 0.1) is 5.69 Å². The van der Waals surface area contributed by atoms with E-state index in [9.17, 15) is 4.79 Å². The minimum absolute atomic E-state index is 0.0138. The number of Topliss-reactive ketones (excluding diaryl/α,β-unsaturated/α-hetero) is 1. The van der Waals surface area contributed by atoms with Crippen molar-refractivity contribution >= 4 is 11.5 Å². The number of anilines is 1. The summed E-state index contributed by atoms with van der Waals surface area (Å²) < 4.78 is 10.9. The minimum Gasteiger partial charge on any atom is -0.486 e. The first-order valence-electron chi connectivity index (χ1n) is 6.50. The molecule has 0 radical (unpaired) electrons. The highest BCUT2D eigenvalue weighted by molar-refractivity contribution is 5.99. The molecule has 0 spiro atoms. The fourth-order valence-electron chi connectivity index (χ4n) is 2.23. The predicted molar refractivity (Wildman–Crippen MR) is 76.3 cm³/mol. The third-order valence-corrected chi connectivity index (χ3v) is 3.20. The Bertz CT molecular complexity index is 638. The van der Waals surface area contributed by atoms with Gasteiger partial charge in [0.2, 0.25) is 0 Å². The average molecular weight is 269 g/mol. The van der Waals surface area contributed by atoms with Crippen LogP contribution < -0.4 is 15.2 Å². The lowest BCUT2D eigenvalue weighted by Crippen LogP contribution is -2.17.